The number of halogens is 1. The van der Waals surface area contributed by atoms with Gasteiger partial charge in [0.25, 0.3) is 0 Å². The van der Waals surface area contributed by atoms with E-state index < -0.39 is 0 Å². The van der Waals surface area contributed by atoms with Crippen molar-refractivity contribution >= 4 is 23.1 Å². The molecule has 0 aliphatic carbocycles. The third-order valence-electron chi connectivity index (χ3n) is 3.65. The largest absolute Gasteiger partial charge is 0.338 e. The van der Waals surface area contributed by atoms with Gasteiger partial charge in [-0.05, 0) is 42.1 Å². The van der Waals surface area contributed by atoms with Gasteiger partial charge in [0.15, 0.2) is 5.16 Å². The molecule has 6 nitrogen and oxygen atoms in total. The lowest BCUT2D eigenvalue weighted by Gasteiger charge is -2.03. The summed E-state index contributed by atoms with van der Waals surface area (Å²) in [6.07, 6.45) is 2.67. The Balaban J connectivity index is 1.37. The molecule has 0 fully saturated rings. The van der Waals surface area contributed by atoms with E-state index in [0.717, 1.165) is 18.1 Å². The van der Waals surface area contributed by atoms with Crippen molar-refractivity contribution in [2.24, 2.45) is 0 Å². The lowest BCUT2D eigenvalue weighted by Crippen LogP contribution is -2.01. The summed E-state index contributed by atoms with van der Waals surface area (Å²) in [6, 6.07) is 10.2. The molecule has 0 aliphatic heterocycles. The third-order valence-corrected chi connectivity index (χ3v) is 5.56. The van der Waals surface area contributed by atoms with E-state index in [1.165, 1.54) is 28.8 Å². The molecule has 0 spiro atoms. The van der Waals surface area contributed by atoms with Crippen LogP contribution in [0.25, 0.3) is 11.4 Å². The topological polar surface area (TPSA) is 69.6 Å². The van der Waals surface area contributed by atoms with Crippen LogP contribution in [0.5, 0.6) is 0 Å². The van der Waals surface area contributed by atoms with E-state index in [2.05, 4.69) is 37.9 Å². The number of aryl methyl sites for hydroxylation is 2. The second-order valence-electron chi connectivity index (χ2n) is 5.44. The summed E-state index contributed by atoms with van der Waals surface area (Å²) in [5.74, 6) is 1.13. The normalized spacial score (nSPS) is 11.1. The summed E-state index contributed by atoms with van der Waals surface area (Å²) in [5.41, 5.74) is 0.713. The summed E-state index contributed by atoms with van der Waals surface area (Å²) in [6.45, 7) is 0.820. The van der Waals surface area contributed by atoms with Gasteiger partial charge in [-0.2, -0.15) is 4.98 Å². The van der Waals surface area contributed by atoms with Gasteiger partial charge in [-0.3, -0.25) is 0 Å². The van der Waals surface area contributed by atoms with Crippen LogP contribution < -0.4 is 0 Å². The first-order valence-electron chi connectivity index (χ1n) is 7.89. The Morgan fingerprint density at radius 3 is 2.88 bits per heavy atom. The average Bonchev–Trinajstić information content (AvgIpc) is 3.40. The van der Waals surface area contributed by atoms with Crippen LogP contribution in [-0.4, -0.2) is 24.9 Å². The number of benzene rings is 1. The number of aromatic nitrogens is 5. The maximum absolute atomic E-state index is 13.0. The van der Waals surface area contributed by atoms with Crippen LogP contribution in [0.15, 0.2) is 57.8 Å². The number of thiophene rings is 1. The summed E-state index contributed by atoms with van der Waals surface area (Å²) >= 11 is 3.24. The van der Waals surface area contributed by atoms with Crippen molar-refractivity contribution in [3.63, 3.8) is 0 Å². The van der Waals surface area contributed by atoms with Gasteiger partial charge < -0.3 is 9.09 Å². The van der Waals surface area contributed by atoms with Gasteiger partial charge in [0, 0.05) is 17.0 Å². The van der Waals surface area contributed by atoms with Crippen molar-refractivity contribution in [1.29, 1.82) is 0 Å². The van der Waals surface area contributed by atoms with Crippen molar-refractivity contribution < 1.29 is 8.91 Å². The van der Waals surface area contributed by atoms with E-state index in [4.69, 9.17) is 4.52 Å². The Labute approximate surface area is 157 Å². The standard InChI is InChI=1S/C17H14FN5OS2/c18-13-5-3-12(4-6-13)16-20-15(24-22-16)10-26-17-21-19-11-23(17)8-7-14-2-1-9-25-14/h1-6,9,11H,7-8,10H2. The van der Waals surface area contributed by atoms with Gasteiger partial charge in [0.2, 0.25) is 11.7 Å². The number of nitrogens with zero attached hydrogens (tertiary/aromatic N) is 5. The number of thioether (sulfide) groups is 1. The molecule has 9 heteroatoms. The third kappa shape index (κ3) is 4.00. The molecule has 0 saturated heterocycles. The zero-order valence-corrected chi connectivity index (χ0v) is 15.2. The molecule has 0 N–H and O–H groups in total. The molecule has 0 amide bonds. The molecule has 0 saturated carbocycles. The van der Waals surface area contributed by atoms with E-state index in [0.29, 0.717) is 23.0 Å². The number of rotatable bonds is 7. The predicted octanol–water partition coefficient (Wildman–Crippen LogP) is 4.06. The summed E-state index contributed by atoms with van der Waals surface area (Å²) < 4.78 is 20.3. The average molecular weight is 387 g/mol. The highest BCUT2D eigenvalue weighted by atomic mass is 32.2. The lowest BCUT2D eigenvalue weighted by atomic mass is 10.2. The van der Waals surface area contributed by atoms with Crippen molar-refractivity contribution in [2.75, 3.05) is 0 Å². The second kappa shape index (κ2) is 7.79. The van der Waals surface area contributed by atoms with E-state index in [1.807, 2.05) is 4.57 Å². The zero-order chi connectivity index (χ0) is 17.8. The van der Waals surface area contributed by atoms with Crippen molar-refractivity contribution in [3.05, 3.63) is 64.7 Å². The molecule has 3 aromatic heterocycles. The van der Waals surface area contributed by atoms with Crippen LogP contribution in [0.3, 0.4) is 0 Å². The highest BCUT2D eigenvalue weighted by Gasteiger charge is 2.12. The molecule has 1 aromatic carbocycles. The van der Waals surface area contributed by atoms with E-state index in [-0.39, 0.29) is 5.82 Å². The van der Waals surface area contributed by atoms with Crippen LogP contribution >= 0.6 is 23.1 Å². The lowest BCUT2D eigenvalue weighted by molar-refractivity contribution is 0.391. The second-order valence-corrected chi connectivity index (χ2v) is 7.42. The Morgan fingerprint density at radius 2 is 2.08 bits per heavy atom. The molecule has 0 atom stereocenters. The van der Waals surface area contributed by atoms with Gasteiger partial charge in [0.05, 0.1) is 5.75 Å². The fourth-order valence-electron chi connectivity index (χ4n) is 2.35. The van der Waals surface area contributed by atoms with Crippen LogP contribution in [0.2, 0.25) is 0 Å². The summed E-state index contributed by atoms with van der Waals surface area (Å²) in [5, 5.41) is 15.0. The summed E-state index contributed by atoms with van der Waals surface area (Å²) in [4.78, 5) is 5.68. The van der Waals surface area contributed by atoms with Gasteiger partial charge in [-0.1, -0.05) is 23.0 Å². The minimum Gasteiger partial charge on any atom is -0.338 e. The van der Waals surface area contributed by atoms with Crippen molar-refractivity contribution in [3.8, 4) is 11.4 Å². The first-order chi connectivity index (χ1) is 12.8. The van der Waals surface area contributed by atoms with Crippen molar-refractivity contribution in [1.82, 2.24) is 24.9 Å². The van der Waals surface area contributed by atoms with Crippen LogP contribution in [0.1, 0.15) is 10.8 Å². The molecule has 26 heavy (non-hydrogen) atoms. The zero-order valence-electron chi connectivity index (χ0n) is 13.6. The fourth-order valence-corrected chi connectivity index (χ4v) is 3.83. The highest BCUT2D eigenvalue weighted by molar-refractivity contribution is 7.98. The minimum atomic E-state index is -0.296. The molecule has 0 unspecified atom stereocenters. The minimum absolute atomic E-state index is 0.296. The van der Waals surface area contributed by atoms with Gasteiger partial charge in [-0.25, -0.2) is 4.39 Å². The van der Waals surface area contributed by atoms with Gasteiger partial charge in [-0.15, -0.1) is 21.5 Å². The van der Waals surface area contributed by atoms with Gasteiger partial charge in [0.1, 0.15) is 12.1 Å². The SMILES string of the molecule is Fc1ccc(-c2noc(CSc3nncn3CCc3cccs3)n2)cc1. The molecular formula is C17H14FN5OS2. The van der Waals surface area contributed by atoms with E-state index >= 15 is 0 Å². The molecular weight excluding hydrogens is 373 g/mol. The maximum Gasteiger partial charge on any atom is 0.237 e. The quantitative estimate of drug-likeness (QED) is 0.445. The van der Waals surface area contributed by atoms with Crippen molar-refractivity contribution in [2.45, 2.75) is 23.9 Å². The van der Waals surface area contributed by atoms with Crippen LogP contribution in [0.4, 0.5) is 4.39 Å². The fraction of sp³-hybridized carbons (Fsp3) is 0.176. The molecule has 0 radical (unpaired) electrons. The number of hydrogen-bond acceptors (Lipinski definition) is 7. The van der Waals surface area contributed by atoms with E-state index in [9.17, 15) is 4.39 Å². The van der Waals surface area contributed by atoms with Gasteiger partial charge >= 0.3 is 0 Å². The first-order valence-corrected chi connectivity index (χ1v) is 9.76. The van der Waals surface area contributed by atoms with Crippen LogP contribution in [0, 0.1) is 5.82 Å². The summed E-state index contributed by atoms with van der Waals surface area (Å²) in [7, 11) is 0. The Kier molecular flexibility index (Phi) is 5.07. The molecule has 4 rings (SSSR count). The smallest absolute Gasteiger partial charge is 0.237 e. The first kappa shape index (κ1) is 16.9. The molecule has 0 bridgehead atoms. The monoisotopic (exact) mass is 387 g/mol. The Hall–Kier alpha value is -2.52. The Bertz CT molecular complexity index is 965. The van der Waals surface area contributed by atoms with Crippen LogP contribution in [-0.2, 0) is 18.7 Å². The highest BCUT2D eigenvalue weighted by Crippen LogP contribution is 2.23. The molecule has 4 aromatic rings. The van der Waals surface area contributed by atoms with E-state index in [1.54, 1.807) is 29.8 Å². The molecule has 132 valence electrons. The molecule has 3 heterocycles. The number of hydrogen-bond donors (Lipinski definition) is 0. The predicted molar refractivity (Wildman–Crippen MR) is 97.3 cm³/mol. The maximum atomic E-state index is 13.0. The Morgan fingerprint density at radius 1 is 1.19 bits per heavy atom. The molecule has 0 aliphatic rings.